The molecule has 0 aromatic heterocycles. The summed E-state index contributed by atoms with van der Waals surface area (Å²) in [5.74, 6) is -1.54. The predicted molar refractivity (Wildman–Crippen MR) is 108 cm³/mol. The van der Waals surface area contributed by atoms with Crippen LogP contribution in [0.3, 0.4) is 0 Å². The van der Waals surface area contributed by atoms with Gasteiger partial charge in [0, 0.05) is 18.3 Å². The van der Waals surface area contributed by atoms with Gasteiger partial charge in [-0.1, -0.05) is 6.42 Å². The molecular weight excluding hydrogens is 410 g/mol. The van der Waals surface area contributed by atoms with Gasteiger partial charge >= 0.3 is 5.97 Å². The molecule has 1 aliphatic rings. The largest absolute Gasteiger partial charge is 0.495 e. The standard InChI is InChI=1S/C20H25N3O6S/c1-13-6-4-5-9-23(13)30(26,27)19-10-15(7-8-18(19)28-3)20(25)29-12-17(24)16(11-21)14(2)22/h7-8,10,13H,4-6,9,12,22H2,1-3H3/b16-14-/t13-/m1/s1. The molecule has 2 rings (SSSR count). The minimum atomic E-state index is -3.90. The number of allylic oxidation sites excluding steroid dienone is 1. The molecule has 0 aliphatic carbocycles. The summed E-state index contributed by atoms with van der Waals surface area (Å²) < 4.78 is 38.0. The Bertz CT molecular complexity index is 1010. The number of hydrogen-bond acceptors (Lipinski definition) is 8. The van der Waals surface area contributed by atoms with Crippen LogP contribution in [-0.4, -0.2) is 50.8 Å². The SMILES string of the molecule is COc1ccc(C(=O)OCC(=O)/C(C#N)=C(/C)N)cc1S(=O)(=O)N1CCCC[C@H]1C. The molecule has 1 aliphatic heterocycles. The number of Topliss-reactive ketones (excluding diaryl/α,β-unsaturated/α-hetero) is 1. The molecule has 0 spiro atoms. The fourth-order valence-corrected chi connectivity index (χ4v) is 5.10. The number of nitrogens with zero attached hydrogens (tertiary/aromatic N) is 2. The Morgan fingerprint density at radius 2 is 2.03 bits per heavy atom. The highest BCUT2D eigenvalue weighted by atomic mass is 32.2. The molecule has 0 saturated carbocycles. The molecule has 9 nitrogen and oxygen atoms in total. The number of hydrogen-bond donors (Lipinski definition) is 1. The average Bonchev–Trinajstić information content (AvgIpc) is 2.71. The van der Waals surface area contributed by atoms with Crippen LogP contribution in [0.25, 0.3) is 0 Å². The van der Waals surface area contributed by atoms with E-state index in [1.165, 1.54) is 36.5 Å². The van der Waals surface area contributed by atoms with Gasteiger partial charge in [-0.25, -0.2) is 13.2 Å². The van der Waals surface area contributed by atoms with E-state index in [0.717, 1.165) is 19.3 Å². The number of carbonyl (C=O) groups excluding carboxylic acids is 2. The van der Waals surface area contributed by atoms with Crippen molar-refractivity contribution in [1.82, 2.24) is 4.31 Å². The molecule has 30 heavy (non-hydrogen) atoms. The van der Waals surface area contributed by atoms with Gasteiger partial charge in [0.1, 0.15) is 22.3 Å². The lowest BCUT2D eigenvalue weighted by Gasteiger charge is -2.32. The molecule has 1 heterocycles. The van der Waals surface area contributed by atoms with Crippen molar-refractivity contribution in [3.63, 3.8) is 0 Å². The van der Waals surface area contributed by atoms with Crippen LogP contribution < -0.4 is 10.5 Å². The van der Waals surface area contributed by atoms with Crippen molar-refractivity contribution in [1.29, 1.82) is 5.26 Å². The van der Waals surface area contributed by atoms with Gasteiger partial charge in [0.2, 0.25) is 15.8 Å². The Hall–Kier alpha value is -2.90. The third-order valence-corrected chi connectivity index (χ3v) is 6.88. The number of ether oxygens (including phenoxy) is 2. The monoisotopic (exact) mass is 435 g/mol. The number of nitrogens with two attached hydrogens (primary N) is 1. The first-order valence-corrected chi connectivity index (χ1v) is 10.8. The molecule has 1 aromatic rings. The van der Waals surface area contributed by atoms with Crippen molar-refractivity contribution in [2.75, 3.05) is 20.3 Å². The normalized spacial score (nSPS) is 18.1. The third kappa shape index (κ3) is 4.98. The maximum Gasteiger partial charge on any atom is 0.338 e. The van der Waals surface area contributed by atoms with Crippen molar-refractivity contribution in [3.8, 4) is 11.8 Å². The number of methoxy groups -OCH3 is 1. The highest BCUT2D eigenvalue weighted by Gasteiger charge is 2.33. The highest BCUT2D eigenvalue weighted by Crippen LogP contribution is 2.31. The lowest BCUT2D eigenvalue weighted by Crippen LogP contribution is -2.42. The van der Waals surface area contributed by atoms with Gasteiger partial charge in [-0.2, -0.15) is 9.57 Å². The number of esters is 1. The first-order valence-electron chi connectivity index (χ1n) is 9.40. The van der Waals surface area contributed by atoms with Gasteiger partial charge in [0.05, 0.1) is 12.7 Å². The molecule has 162 valence electrons. The van der Waals surface area contributed by atoms with Crippen LogP contribution in [0.15, 0.2) is 34.4 Å². The molecule has 0 amide bonds. The number of piperidine rings is 1. The van der Waals surface area contributed by atoms with Crippen LogP contribution >= 0.6 is 0 Å². The minimum Gasteiger partial charge on any atom is -0.495 e. The van der Waals surface area contributed by atoms with Crippen LogP contribution in [0.1, 0.15) is 43.5 Å². The van der Waals surface area contributed by atoms with E-state index >= 15 is 0 Å². The number of carbonyl (C=O) groups is 2. The van der Waals surface area contributed by atoms with Crippen LogP contribution in [0.4, 0.5) is 0 Å². The fraction of sp³-hybridized carbons (Fsp3) is 0.450. The number of nitriles is 1. The van der Waals surface area contributed by atoms with Crippen molar-refractivity contribution in [3.05, 3.63) is 35.0 Å². The minimum absolute atomic E-state index is 0.0204. The zero-order valence-electron chi connectivity index (χ0n) is 17.2. The van der Waals surface area contributed by atoms with Crippen molar-refractivity contribution in [2.24, 2.45) is 5.73 Å². The maximum absolute atomic E-state index is 13.2. The average molecular weight is 436 g/mol. The summed E-state index contributed by atoms with van der Waals surface area (Å²) in [6.07, 6.45) is 2.46. The second kappa shape index (κ2) is 9.73. The van der Waals surface area contributed by atoms with Gasteiger partial charge in [-0.3, -0.25) is 4.79 Å². The van der Waals surface area contributed by atoms with Crippen LogP contribution in [0.5, 0.6) is 5.75 Å². The van der Waals surface area contributed by atoms with E-state index in [-0.39, 0.29) is 33.5 Å². The van der Waals surface area contributed by atoms with E-state index in [1.807, 2.05) is 6.92 Å². The van der Waals surface area contributed by atoms with E-state index in [4.69, 9.17) is 20.5 Å². The van der Waals surface area contributed by atoms with Crippen LogP contribution in [0.2, 0.25) is 0 Å². The predicted octanol–water partition coefficient (Wildman–Crippen LogP) is 1.74. The van der Waals surface area contributed by atoms with E-state index in [2.05, 4.69) is 0 Å². The first-order chi connectivity index (χ1) is 14.1. The lowest BCUT2D eigenvalue weighted by molar-refractivity contribution is -0.118. The Kier molecular flexibility index (Phi) is 7.59. The summed E-state index contributed by atoms with van der Waals surface area (Å²) in [4.78, 5) is 24.2. The maximum atomic E-state index is 13.2. The lowest BCUT2D eigenvalue weighted by atomic mass is 10.1. The zero-order valence-corrected chi connectivity index (χ0v) is 18.0. The molecule has 0 bridgehead atoms. The van der Waals surface area contributed by atoms with Gasteiger partial charge in [-0.15, -0.1) is 0 Å². The summed E-state index contributed by atoms with van der Waals surface area (Å²) in [5, 5.41) is 8.94. The molecule has 1 atom stereocenters. The highest BCUT2D eigenvalue weighted by molar-refractivity contribution is 7.89. The Morgan fingerprint density at radius 3 is 2.60 bits per heavy atom. The van der Waals surface area contributed by atoms with Gasteiger partial charge in [0.25, 0.3) is 0 Å². The molecule has 1 fully saturated rings. The molecule has 1 aromatic carbocycles. The van der Waals surface area contributed by atoms with E-state index in [1.54, 1.807) is 6.07 Å². The van der Waals surface area contributed by atoms with Crippen molar-refractivity contribution in [2.45, 2.75) is 44.0 Å². The Labute approximate surface area is 176 Å². The van der Waals surface area contributed by atoms with Crippen molar-refractivity contribution >= 4 is 21.8 Å². The zero-order chi connectivity index (χ0) is 22.5. The van der Waals surface area contributed by atoms with Crippen LogP contribution in [-0.2, 0) is 19.6 Å². The summed E-state index contributed by atoms with van der Waals surface area (Å²) in [6.45, 7) is 2.93. The van der Waals surface area contributed by atoms with Gasteiger partial charge < -0.3 is 15.2 Å². The second-order valence-corrected chi connectivity index (χ2v) is 8.85. The molecule has 0 radical (unpaired) electrons. The van der Waals surface area contributed by atoms with E-state index in [0.29, 0.717) is 6.54 Å². The quantitative estimate of drug-likeness (QED) is 0.388. The van der Waals surface area contributed by atoms with Crippen molar-refractivity contribution < 1.29 is 27.5 Å². The third-order valence-electron chi connectivity index (χ3n) is 4.85. The molecular formula is C20H25N3O6S. The van der Waals surface area contributed by atoms with E-state index in [9.17, 15) is 18.0 Å². The summed E-state index contributed by atoms with van der Waals surface area (Å²) in [7, 11) is -2.56. The Balaban J connectivity index is 2.29. The summed E-state index contributed by atoms with van der Waals surface area (Å²) in [5.41, 5.74) is 5.13. The second-order valence-electron chi connectivity index (χ2n) is 7.00. The summed E-state index contributed by atoms with van der Waals surface area (Å²) >= 11 is 0. The number of benzene rings is 1. The fourth-order valence-electron chi connectivity index (χ4n) is 3.22. The molecule has 0 unspecified atom stereocenters. The van der Waals surface area contributed by atoms with Crippen LogP contribution in [0, 0.1) is 11.3 Å². The van der Waals surface area contributed by atoms with E-state index < -0.39 is 28.4 Å². The number of ketones is 1. The number of sulfonamides is 1. The molecule has 2 N–H and O–H groups in total. The topological polar surface area (TPSA) is 140 Å². The van der Waals surface area contributed by atoms with Gasteiger partial charge in [-0.05, 0) is 44.9 Å². The summed E-state index contributed by atoms with van der Waals surface area (Å²) in [6, 6.07) is 5.38. The molecule has 1 saturated heterocycles. The number of rotatable bonds is 7. The molecule has 10 heteroatoms. The first kappa shape index (κ1) is 23.4. The Morgan fingerprint density at radius 1 is 1.33 bits per heavy atom. The smallest absolute Gasteiger partial charge is 0.338 e. The van der Waals surface area contributed by atoms with Gasteiger partial charge in [0.15, 0.2) is 6.61 Å².